The summed E-state index contributed by atoms with van der Waals surface area (Å²) in [5.74, 6) is 0.920. The van der Waals surface area contributed by atoms with Crippen molar-refractivity contribution < 1.29 is 4.74 Å². The molecule has 25 heavy (non-hydrogen) atoms. The maximum atomic E-state index is 6.29. The fraction of sp³-hybridized carbons (Fsp3) is 0.333. The quantitative estimate of drug-likeness (QED) is 0.704. The number of fused-ring (bicyclic) bond motifs is 1. The van der Waals surface area contributed by atoms with Crippen LogP contribution in [0.25, 0.3) is 10.9 Å². The molecule has 4 heteroatoms. The Morgan fingerprint density at radius 1 is 1.08 bits per heavy atom. The lowest BCUT2D eigenvalue weighted by atomic mass is 9.94. The molecule has 1 aliphatic rings. The second-order valence-electron chi connectivity index (χ2n) is 6.82. The maximum Gasteiger partial charge on any atom is 0.144 e. The number of benzene rings is 2. The predicted molar refractivity (Wildman–Crippen MR) is 101 cm³/mol. The molecule has 1 fully saturated rings. The fourth-order valence-corrected chi connectivity index (χ4v) is 3.65. The summed E-state index contributed by atoms with van der Waals surface area (Å²) in [6, 6.07) is 14.3. The topological polar surface area (TPSA) is 61.0 Å². The summed E-state index contributed by atoms with van der Waals surface area (Å²) < 4.78 is 6.11. The first-order valence-corrected chi connectivity index (χ1v) is 8.98. The van der Waals surface area contributed by atoms with Gasteiger partial charge in [0.1, 0.15) is 12.1 Å². The third-order valence-electron chi connectivity index (χ3n) is 5.10. The molecule has 0 unspecified atom stereocenters. The molecule has 1 aliphatic carbocycles. The first-order valence-electron chi connectivity index (χ1n) is 8.98. The van der Waals surface area contributed by atoms with E-state index < -0.39 is 0 Å². The second-order valence-corrected chi connectivity index (χ2v) is 6.82. The van der Waals surface area contributed by atoms with Gasteiger partial charge < -0.3 is 10.5 Å². The molecular weight excluding hydrogens is 310 g/mol. The minimum absolute atomic E-state index is 0.174. The van der Waals surface area contributed by atoms with Crippen molar-refractivity contribution in [1.29, 1.82) is 0 Å². The van der Waals surface area contributed by atoms with Crippen LogP contribution in [0.4, 0.5) is 5.69 Å². The highest BCUT2D eigenvalue weighted by Crippen LogP contribution is 2.34. The summed E-state index contributed by atoms with van der Waals surface area (Å²) in [7, 11) is 0. The minimum atomic E-state index is 0.174. The number of nitrogen functional groups attached to an aromatic ring is 1. The number of anilines is 1. The van der Waals surface area contributed by atoms with E-state index in [1.165, 1.54) is 18.4 Å². The maximum absolute atomic E-state index is 6.29. The smallest absolute Gasteiger partial charge is 0.144 e. The Morgan fingerprint density at radius 3 is 2.60 bits per heavy atom. The van der Waals surface area contributed by atoms with Crippen LogP contribution in [-0.2, 0) is 0 Å². The monoisotopic (exact) mass is 333 g/mol. The van der Waals surface area contributed by atoms with Crippen LogP contribution in [-0.4, -0.2) is 16.1 Å². The predicted octanol–water partition coefficient (Wildman–Crippen LogP) is 4.69. The van der Waals surface area contributed by atoms with Gasteiger partial charge in [-0.25, -0.2) is 9.97 Å². The van der Waals surface area contributed by atoms with Crippen molar-refractivity contribution in [2.75, 3.05) is 5.73 Å². The summed E-state index contributed by atoms with van der Waals surface area (Å²) in [6.07, 6.45) is 6.60. The number of hydrogen-bond acceptors (Lipinski definition) is 4. The SMILES string of the molecule is C[C@H](c1ccccc1)c1ncnc2cc(OC3CCCC3)c(N)cc12. The normalized spacial score (nSPS) is 16.2. The van der Waals surface area contributed by atoms with E-state index in [2.05, 4.69) is 41.2 Å². The Bertz CT molecular complexity index is 873. The minimum Gasteiger partial charge on any atom is -0.488 e. The van der Waals surface area contributed by atoms with Crippen LogP contribution in [0, 0.1) is 0 Å². The first kappa shape index (κ1) is 15.9. The van der Waals surface area contributed by atoms with E-state index in [9.17, 15) is 0 Å². The standard InChI is InChI=1S/C21H23N3O/c1-14(15-7-3-2-4-8-15)21-17-11-18(22)20(12-19(17)23-13-24-21)25-16-9-5-6-10-16/h2-4,7-8,11-14,16H,5-6,9-10,22H2,1H3/t14-/m1/s1. The molecule has 3 aromatic rings. The highest BCUT2D eigenvalue weighted by molar-refractivity contribution is 5.87. The summed E-state index contributed by atoms with van der Waals surface area (Å²) in [4.78, 5) is 9.00. The molecule has 4 nitrogen and oxygen atoms in total. The molecule has 0 saturated heterocycles. The Hall–Kier alpha value is -2.62. The van der Waals surface area contributed by atoms with Crippen molar-refractivity contribution in [2.24, 2.45) is 0 Å². The first-order chi connectivity index (χ1) is 12.2. The van der Waals surface area contributed by atoms with Gasteiger partial charge in [0.05, 0.1) is 23.0 Å². The number of hydrogen-bond donors (Lipinski definition) is 1. The van der Waals surface area contributed by atoms with Gasteiger partial charge in [-0.2, -0.15) is 0 Å². The van der Waals surface area contributed by atoms with Gasteiger partial charge >= 0.3 is 0 Å². The van der Waals surface area contributed by atoms with Gasteiger partial charge in [0.2, 0.25) is 0 Å². The molecule has 128 valence electrons. The van der Waals surface area contributed by atoms with Gasteiger partial charge in [-0.1, -0.05) is 37.3 Å². The average Bonchev–Trinajstić information content (AvgIpc) is 3.15. The van der Waals surface area contributed by atoms with Crippen molar-refractivity contribution >= 4 is 16.6 Å². The van der Waals surface area contributed by atoms with Gasteiger partial charge in [-0.05, 0) is 37.3 Å². The lowest BCUT2D eigenvalue weighted by Gasteiger charge is -2.17. The Morgan fingerprint density at radius 2 is 1.84 bits per heavy atom. The fourth-order valence-electron chi connectivity index (χ4n) is 3.65. The summed E-state index contributed by atoms with van der Waals surface area (Å²) in [5.41, 5.74) is 10.1. The Labute approximate surface area is 148 Å². The number of nitrogens with zero attached hydrogens (tertiary/aromatic N) is 2. The Balaban J connectivity index is 1.73. The molecule has 1 aromatic heterocycles. The van der Waals surface area contributed by atoms with Gasteiger partial charge in [0.15, 0.2) is 0 Å². The molecule has 0 aliphatic heterocycles. The van der Waals surface area contributed by atoms with Crippen molar-refractivity contribution in [1.82, 2.24) is 9.97 Å². The van der Waals surface area contributed by atoms with Crippen LogP contribution < -0.4 is 10.5 Å². The van der Waals surface area contributed by atoms with E-state index in [1.807, 2.05) is 18.2 Å². The van der Waals surface area contributed by atoms with Crippen LogP contribution in [0.2, 0.25) is 0 Å². The van der Waals surface area contributed by atoms with Crippen molar-refractivity contribution in [2.45, 2.75) is 44.6 Å². The molecule has 1 atom stereocenters. The van der Waals surface area contributed by atoms with E-state index in [1.54, 1.807) is 6.33 Å². The zero-order chi connectivity index (χ0) is 17.2. The van der Waals surface area contributed by atoms with Crippen molar-refractivity contribution in [3.05, 3.63) is 60.0 Å². The van der Waals surface area contributed by atoms with Crippen LogP contribution in [0.1, 0.15) is 49.8 Å². The van der Waals surface area contributed by atoms with Crippen molar-refractivity contribution in [3.63, 3.8) is 0 Å². The lowest BCUT2D eigenvalue weighted by molar-refractivity contribution is 0.211. The van der Waals surface area contributed by atoms with Crippen LogP contribution in [0.5, 0.6) is 5.75 Å². The van der Waals surface area contributed by atoms with E-state index >= 15 is 0 Å². The number of nitrogens with two attached hydrogens (primary N) is 1. The van der Waals surface area contributed by atoms with Crippen LogP contribution in [0.3, 0.4) is 0 Å². The third kappa shape index (κ3) is 3.16. The number of aromatic nitrogens is 2. The molecule has 0 bridgehead atoms. The molecule has 0 spiro atoms. The van der Waals surface area contributed by atoms with Crippen LogP contribution >= 0.6 is 0 Å². The zero-order valence-electron chi connectivity index (χ0n) is 14.5. The summed E-state index contributed by atoms with van der Waals surface area (Å²) in [6.45, 7) is 2.16. The van der Waals surface area contributed by atoms with Crippen molar-refractivity contribution in [3.8, 4) is 5.75 Å². The van der Waals surface area contributed by atoms with Gasteiger partial charge in [0, 0.05) is 17.4 Å². The average molecular weight is 333 g/mol. The second kappa shape index (κ2) is 6.71. The molecule has 0 amide bonds. The zero-order valence-corrected chi connectivity index (χ0v) is 14.5. The van der Waals surface area contributed by atoms with Gasteiger partial charge in [0.25, 0.3) is 0 Å². The number of rotatable bonds is 4. The lowest BCUT2D eigenvalue weighted by Crippen LogP contribution is -2.12. The molecule has 2 N–H and O–H groups in total. The molecule has 2 aromatic carbocycles. The Kier molecular flexibility index (Phi) is 4.26. The van der Waals surface area contributed by atoms with Gasteiger partial charge in [-0.15, -0.1) is 0 Å². The third-order valence-corrected chi connectivity index (χ3v) is 5.10. The summed E-state index contributed by atoms with van der Waals surface area (Å²) >= 11 is 0. The largest absolute Gasteiger partial charge is 0.488 e. The van der Waals surface area contributed by atoms with E-state index in [0.717, 1.165) is 35.2 Å². The number of ether oxygens (including phenoxy) is 1. The van der Waals surface area contributed by atoms with Crippen LogP contribution in [0.15, 0.2) is 48.8 Å². The molecule has 1 saturated carbocycles. The molecular formula is C21H23N3O. The molecule has 1 heterocycles. The van der Waals surface area contributed by atoms with E-state index in [0.29, 0.717) is 5.69 Å². The highest BCUT2D eigenvalue weighted by Gasteiger charge is 2.19. The summed E-state index contributed by atoms with van der Waals surface area (Å²) in [5, 5.41) is 0.995. The van der Waals surface area contributed by atoms with Gasteiger partial charge in [-0.3, -0.25) is 0 Å². The van der Waals surface area contributed by atoms with E-state index in [-0.39, 0.29) is 12.0 Å². The molecule has 0 radical (unpaired) electrons. The van der Waals surface area contributed by atoms with E-state index in [4.69, 9.17) is 10.5 Å². The molecule has 4 rings (SSSR count). The highest BCUT2D eigenvalue weighted by atomic mass is 16.5.